The highest BCUT2D eigenvalue weighted by Gasteiger charge is 2.22. The van der Waals surface area contributed by atoms with Gasteiger partial charge in [0.2, 0.25) is 0 Å². The summed E-state index contributed by atoms with van der Waals surface area (Å²) in [5.74, 6) is -0.931. The lowest BCUT2D eigenvalue weighted by atomic mass is 10.0. The number of ether oxygens (including phenoxy) is 1. The van der Waals surface area contributed by atoms with E-state index in [1.807, 2.05) is 6.07 Å². The van der Waals surface area contributed by atoms with Crippen molar-refractivity contribution in [2.24, 2.45) is 0 Å². The molecule has 0 radical (unpaired) electrons. The molecule has 33 heavy (non-hydrogen) atoms. The molecule has 4 rings (SSSR count). The van der Waals surface area contributed by atoms with E-state index >= 15 is 0 Å². The van der Waals surface area contributed by atoms with Crippen LogP contribution in [0.25, 0.3) is 16.6 Å². The number of phenols is 1. The third kappa shape index (κ3) is 4.74. The Morgan fingerprint density at radius 3 is 2.42 bits per heavy atom. The molecule has 8 nitrogen and oxygen atoms in total. The number of nitrogens with zero attached hydrogens (tertiary/aromatic N) is 2. The Kier molecular flexibility index (Phi) is 6.17. The molecule has 0 aliphatic carbocycles. The topological polar surface area (TPSA) is 111 Å². The number of amides is 1. The first kappa shape index (κ1) is 21.8. The summed E-state index contributed by atoms with van der Waals surface area (Å²) in [6.45, 7) is 0. The van der Waals surface area contributed by atoms with Gasteiger partial charge in [-0.15, -0.1) is 0 Å². The fourth-order valence-corrected chi connectivity index (χ4v) is 3.47. The summed E-state index contributed by atoms with van der Waals surface area (Å²) < 4.78 is 6.23. The van der Waals surface area contributed by atoms with Crippen molar-refractivity contribution in [1.29, 1.82) is 0 Å². The normalized spacial score (nSPS) is 11.7. The van der Waals surface area contributed by atoms with E-state index < -0.39 is 17.9 Å². The molecule has 0 spiro atoms. The number of fused-ring (bicyclic) bond motifs is 1. The second kappa shape index (κ2) is 9.35. The van der Waals surface area contributed by atoms with E-state index in [4.69, 9.17) is 4.74 Å². The van der Waals surface area contributed by atoms with Crippen LogP contribution in [-0.4, -0.2) is 39.7 Å². The lowest BCUT2D eigenvalue weighted by molar-refractivity contribution is -0.142. The highest BCUT2D eigenvalue weighted by Crippen LogP contribution is 2.14. The molecule has 4 aromatic rings. The SMILES string of the molecule is COC(=O)[C@@H](Cc1ccc(O)cc1)NC(=O)c1ccc(-n2cnc3ccccc3c2=O)cc1. The molecule has 2 N–H and O–H groups in total. The average Bonchev–Trinajstić information content (AvgIpc) is 2.85. The van der Waals surface area contributed by atoms with E-state index in [0.717, 1.165) is 5.56 Å². The second-order valence-corrected chi connectivity index (χ2v) is 7.40. The van der Waals surface area contributed by atoms with Crippen LogP contribution in [0.4, 0.5) is 0 Å². The van der Waals surface area contributed by atoms with Gasteiger partial charge in [-0.2, -0.15) is 0 Å². The maximum absolute atomic E-state index is 12.8. The summed E-state index contributed by atoms with van der Waals surface area (Å²) >= 11 is 0. The molecular weight excluding hydrogens is 422 g/mol. The third-order valence-electron chi connectivity index (χ3n) is 5.24. The zero-order valence-corrected chi connectivity index (χ0v) is 17.8. The predicted octanol–water partition coefficient (Wildman–Crippen LogP) is 2.61. The number of phenolic OH excluding ortho intramolecular Hbond substituents is 1. The number of carbonyl (C=O) groups excluding carboxylic acids is 2. The van der Waals surface area contributed by atoms with Crippen LogP contribution in [0.15, 0.2) is 83.9 Å². The predicted molar refractivity (Wildman–Crippen MR) is 122 cm³/mol. The number of aromatic hydroxyl groups is 1. The quantitative estimate of drug-likeness (QED) is 0.443. The van der Waals surface area contributed by atoms with Crippen molar-refractivity contribution in [1.82, 2.24) is 14.9 Å². The first-order chi connectivity index (χ1) is 16.0. The summed E-state index contributed by atoms with van der Waals surface area (Å²) in [6.07, 6.45) is 1.65. The van der Waals surface area contributed by atoms with Crippen LogP contribution in [0.1, 0.15) is 15.9 Å². The molecule has 1 atom stereocenters. The number of hydrogen-bond acceptors (Lipinski definition) is 6. The molecule has 0 saturated heterocycles. The number of esters is 1. The fraction of sp³-hybridized carbons (Fsp3) is 0.120. The summed E-state index contributed by atoms with van der Waals surface area (Å²) in [4.78, 5) is 42.1. The van der Waals surface area contributed by atoms with Crippen molar-refractivity contribution in [2.75, 3.05) is 7.11 Å². The van der Waals surface area contributed by atoms with Gasteiger partial charge in [0.1, 0.15) is 18.1 Å². The van der Waals surface area contributed by atoms with E-state index in [1.54, 1.807) is 54.6 Å². The Morgan fingerprint density at radius 2 is 1.73 bits per heavy atom. The first-order valence-corrected chi connectivity index (χ1v) is 10.2. The molecule has 0 aliphatic heterocycles. The minimum absolute atomic E-state index is 0.109. The standard InChI is InChI=1S/C25H21N3O5/c1-33-25(32)22(14-16-6-12-19(29)13-7-16)27-23(30)17-8-10-18(11-9-17)28-15-26-21-5-3-2-4-20(21)24(28)31/h2-13,15,22,29H,14H2,1H3,(H,27,30)/t22-/m1/s1. The first-order valence-electron chi connectivity index (χ1n) is 10.2. The summed E-state index contributed by atoms with van der Waals surface area (Å²) in [6, 6.07) is 18.9. The maximum atomic E-state index is 12.8. The van der Waals surface area contributed by atoms with E-state index in [0.29, 0.717) is 22.2 Å². The summed E-state index contributed by atoms with van der Waals surface area (Å²) in [7, 11) is 1.25. The van der Waals surface area contributed by atoms with Crippen LogP contribution >= 0.6 is 0 Å². The van der Waals surface area contributed by atoms with Gasteiger partial charge in [0, 0.05) is 12.0 Å². The van der Waals surface area contributed by atoms with Gasteiger partial charge in [-0.25, -0.2) is 9.78 Å². The van der Waals surface area contributed by atoms with E-state index in [9.17, 15) is 19.5 Å². The van der Waals surface area contributed by atoms with Gasteiger partial charge in [0.05, 0.1) is 23.7 Å². The Labute approximate surface area is 189 Å². The summed E-state index contributed by atoms with van der Waals surface area (Å²) in [5.41, 5.74) is 2.03. The number of nitrogens with one attached hydrogen (secondary N) is 1. The lowest BCUT2D eigenvalue weighted by Crippen LogP contribution is -2.43. The molecular formula is C25H21N3O5. The number of aromatic nitrogens is 2. The third-order valence-corrected chi connectivity index (χ3v) is 5.24. The molecule has 3 aromatic carbocycles. The molecule has 0 saturated carbocycles. The Morgan fingerprint density at radius 1 is 1.03 bits per heavy atom. The van der Waals surface area contributed by atoms with Crippen molar-refractivity contribution >= 4 is 22.8 Å². The molecule has 1 aromatic heterocycles. The maximum Gasteiger partial charge on any atom is 0.328 e. The molecule has 0 fully saturated rings. The summed E-state index contributed by atoms with van der Waals surface area (Å²) in [5, 5.41) is 12.6. The van der Waals surface area contributed by atoms with Crippen molar-refractivity contribution in [2.45, 2.75) is 12.5 Å². The minimum Gasteiger partial charge on any atom is -0.508 e. The van der Waals surface area contributed by atoms with Crippen molar-refractivity contribution < 1.29 is 19.4 Å². The molecule has 166 valence electrons. The molecule has 1 heterocycles. The largest absolute Gasteiger partial charge is 0.508 e. The molecule has 0 unspecified atom stereocenters. The molecule has 1 amide bonds. The van der Waals surface area contributed by atoms with E-state index in [1.165, 1.54) is 30.1 Å². The molecule has 0 bridgehead atoms. The highest BCUT2D eigenvalue weighted by atomic mass is 16.5. The molecule has 8 heteroatoms. The number of carbonyl (C=O) groups is 2. The van der Waals surface area contributed by atoms with Gasteiger partial charge in [-0.1, -0.05) is 24.3 Å². The minimum atomic E-state index is -0.904. The van der Waals surface area contributed by atoms with Crippen LogP contribution in [0.2, 0.25) is 0 Å². The Hall–Kier alpha value is -4.46. The number of methoxy groups -OCH3 is 1. The number of para-hydroxylation sites is 1. The van der Waals surface area contributed by atoms with Gasteiger partial charge in [-0.05, 0) is 54.1 Å². The van der Waals surface area contributed by atoms with Gasteiger partial charge >= 0.3 is 5.97 Å². The molecule has 0 aliphatic rings. The number of hydrogen-bond donors (Lipinski definition) is 2. The number of rotatable bonds is 6. The van der Waals surface area contributed by atoms with Crippen molar-refractivity contribution in [3.8, 4) is 11.4 Å². The second-order valence-electron chi connectivity index (χ2n) is 7.40. The van der Waals surface area contributed by atoms with Crippen LogP contribution in [0, 0.1) is 0 Å². The van der Waals surface area contributed by atoms with E-state index in [-0.39, 0.29) is 17.7 Å². The van der Waals surface area contributed by atoms with Crippen LogP contribution in [-0.2, 0) is 16.0 Å². The monoisotopic (exact) mass is 443 g/mol. The van der Waals surface area contributed by atoms with Crippen LogP contribution < -0.4 is 10.9 Å². The van der Waals surface area contributed by atoms with Crippen molar-refractivity contribution in [3.05, 3.63) is 101 Å². The van der Waals surface area contributed by atoms with Crippen LogP contribution in [0.3, 0.4) is 0 Å². The Balaban J connectivity index is 1.53. The Bertz CT molecular complexity index is 1360. The van der Waals surface area contributed by atoms with E-state index in [2.05, 4.69) is 10.3 Å². The zero-order valence-electron chi connectivity index (χ0n) is 17.8. The average molecular weight is 443 g/mol. The van der Waals surface area contributed by atoms with Gasteiger partial charge in [0.25, 0.3) is 11.5 Å². The highest BCUT2D eigenvalue weighted by molar-refractivity contribution is 5.97. The fourth-order valence-electron chi connectivity index (χ4n) is 3.47. The number of benzene rings is 3. The van der Waals surface area contributed by atoms with Crippen LogP contribution in [0.5, 0.6) is 5.75 Å². The van der Waals surface area contributed by atoms with Gasteiger partial charge < -0.3 is 15.2 Å². The smallest absolute Gasteiger partial charge is 0.328 e. The zero-order chi connectivity index (χ0) is 23.4. The van der Waals surface area contributed by atoms with Gasteiger partial charge in [-0.3, -0.25) is 14.2 Å². The van der Waals surface area contributed by atoms with Crippen molar-refractivity contribution in [3.63, 3.8) is 0 Å². The van der Waals surface area contributed by atoms with Gasteiger partial charge in [0.15, 0.2) is 0 Å². The lowest BCUT2D eigenvalue weighted by Gasteiger charge is -2.17.